The molecule has 2 aromatic carbocycles. The van der Waals surface area contributed by atoms with Gasteiger partial charge in [-0.2, -0.15) is 5.10 Å². The zero-order valence-corrected chi connectivity index (χ0v) is 18.5. The van der Waals surface area contributed by atoms with E-state index in [2.05, 4.69) is 20.1 Å². The molecule has 0 amide bonds. The lowest BCUT2D eigenvalue weighted by Crippen LogP contribution is -2.36. The summed E-state index contributed by atoms with van der Waals surface area (Å²) in [5.41, 5.74) is 6.45. The van der Waals surface area contributed by atoms with Crippen LogP contribution in [0.5, 0.6) is 5.75 Å². The van der Waals surface area contributed by atoms with Crippen molar-refractivity contribution >= 4 is 10.9 Å². The van der Waals surface area contributed by atoms with Crippen LogP contribution >= 0.6 is 0 Å². The lowest BCUT2D eigenvalue weighted by Gasteiger charge is -2.30. The first-order chi connectivity index (χ1) is 16.1. The molecule has 4 heterocycles. The molecule has 6 rings (SSSR count). The molecule has 0 unspecified atom stereocenters. The first-order valence-electron chi connectivity index (χ1n) is 11.5. The van der Waals surface area contributed by atoms with E-state index in [1.807, 2.05) is 25.1 Å². The number of rotatable bonds is 4. The van der Waals surface area contributed by atoms with Gasteiger partial charge in [0.2, 0.25) is 0 Å². The highest BCUT2D eigenvalue weighted by Crippen LogP contribution is 2.35. The molecule has 170 valence electrons. The fraction of sp³-hybridized carbons (Fsp3) is 0.360. The normalized spacial score (nSPS) is 17.2. The molecular weight excluding hydrogens is 421 g/mol. The number of nitrogens with one attached hydrogen (secondary N) is 2. The number of aromatic nitrogens is 4. The summed E-state index contributed by atoms with van der Waals surface area (Å²) in [5, 5.41) is 18.3. The summed E-state index contributed by atoms with van der Waals surface area (Å²) in [4.78, 5) is 10.8. The van der Waals surface area contributed by atoms with Crippen molar-refractivity contribution in [2.45, 2.75) is 45.3 Å². The minimum atomic E-state index is -0.618. The Bertz CT molecular complexity index is 1310. The molecule has 1 saturated heterocycles. The van der Waals surface area contributed by atoms with Gasteiger partial charge >= 0.3 is 0 Å². The average molecular weight is 448 g/mol. The monoisotopic (exact) mass is 447 g/mol. The molecule has 2 aliphatic rings. The van der Waals surface area contributed by atoms with Gasteiger partial charge in [-0.15, -0.1) is 0 Å². The second-order valence-corrected chi connectivity index (χ2v) is 8.91. The third kappa shape index (κ3) is 3.50. The molecule has 2 aliphatic heterocycles. The Hall–Kier alpha value is -3.23. The molecule has 1 fully saturated rings. The quantitative estimate of drug-likeness (QED) is 0.428. The Kier molecular flexibility index (Phi) is 4.92. The number of phenolic OH excluding ortho intramolecular Hbond substituents is 1. The summed E-state index contributed by atoms with van der Waals surface area (Å²) >= 11 is 0. The highest BCUT2D eigenvalue weighted by atomic mass is 19.1. The molecule has 0 bridgehead atoms. The van der Waals surface area contributed by atoms with E-state index in [9.17, 15) is 9.50 Å². The number of nitrogens with zero attached hydrogens (tertiary/aromatic N) is 3. The number of aromatic hydroxyl groups is 1. The van der Waals surface area contributed by atoms with Crippen molar-refractivity contribution in [3.8, 4) is 28.4 Å². The second-order valence-electron chi connectivity index (χ2n) is 8.91. The van der Waals surface area contributed by atoms with Crippen molar-refractivity contribution in [3.05, 3.63) is 53.1 Å². The molecule has 0 atom stereocenters. The SMILES string of the molecule is CCc1cc(O)c(F)cc1-c1ccc2c(-c3nc4c([nH]3)CN(C3CCOCC3)C4)n[nH]c2c1. The molecule has 7 nitrogen and oxygen atoms in total. The van der Waals surface area contributed by atoms with Crippen LogP contribution < -0.4 is 0 Å². The number of imidazole rings is 1. The van der Waals surface area contributed by atoms with Gasteiger partial charge in [0.05, 0.1) is 16.9 Å². The summed E-state index contributed by atoms with van der Waals surface area (Å²) < 4.78 is 19.5. The third-order valence-electron chi connectivity index (χ3n) is 6.94. The van der Waals surface area contributed by atoms with Crippen molar-refractivity contribution in [1.29, 1.82) is 0 Å². The lowest BCUT2D eigenvalue weighted by atomic mass is 9.96. The fourth-order valence-corrected chi connectivity index (χ4v) is 5.11. The summed E-state index contributed by atoms with van der Waals surface area (Å²) in [6.45, 7) is 5.40. The fourth-order valence-electron chi connectivity index (χ4n) is 5.11. The Morgan fingerprint density at radius 2 is 2.03 bits per heavy atom. The van der Waals surface area contributed by atoms with Gasteiger partial charge in [-0.1, -0.05) is 13.0 Å². The number of hydrogen-bond donors (Lipinski definition) is 3. The number of aromatic amines is 2. The lowest BCUT2D eigenvalue weighted by molar-refractivity contribution is 0.0320. The molecule has 0 radical (unpaired) electrons. The molecule has 8 heteroatoms. The van der Waals surface area contributed by atoms with E-state index in [0.717, 1.165) is 89.6 Å². The maximum Gasteiger partial charge on any atom is 0.165 e. The highest BCUT2D eigenvalue weighted by molar-refractivity contribution is 5.94. The number of H-pyrrole nitrogens is 2. The summed E-state index contributed by atoms with van der Waals surface area (Å²) in [5.74, 6) is -0.162. The van der Waals surface area contributed by atoms with Crippen molar-refractivity contribution in [2.75, 3.05) is 13.2 Å². The number of aryl methyl sites for hydroxylation is 1. The molecule has 3 N–H and O–H groups in total. The third-order valence-corrected chi connectivity index (χ3v) is 6.94. The minimum absolute atomic E-state index is 0.318. The number of fused-ring (bicyclic) bond motifs is 2. The Labute approximate surface area is 190 Å². The standard InChI is InChI=1S/C25H26FN5O2/c1-2-14-10-23(32)19(26)11-18(14)15-3-4-17-20(9-15)29-30-24(17)25-27-21-12-31(13-22(21)28-25)16-5-7-33-8-6-16/h3-4,9-11,16,32H,2,5-8,12-13H2,1H3,(H,27,28)(H,29,30). The Balaban J connectivity index is 1.29. The van der Waals surface area contributed by atoms with Crippen molar-refractivity contribution in [3.63, 3.8) is 0 Å². The topological polar surface area (TPSA) is 90.1 Å². The van der Waals surface area contributed by atoms with Gasteiger partial charge in [-0.3, -0.25) is 10.00 Å². The van der Waals surface area contributed by atoms with Gasteiger partial charge in [0.15, 0.2) is 17.4 Å². The number of halogens is 1. The van der Waals surface area contributed by atoms with Crippen LogP contribution in [0.3, 0.4) is 0 Å². The van der Waals surface area contributed by atoms with Crippen LogP contribution in [-0.2, 0) is 24.2 Å². The van der Waals surface area contributed by atoms with Gasteiger partial charge in [0.1, 0.15) is 5.69 Å². The zero-order valence-electron chi connectivity index (χ0n) is 18.5. The number of hydrogen-bond acceptors (Lipinski definition) is 5. The van der Waals surface area contributed by atoms with Crippen LogP contribution in [0.1, 0.15) is 36.7 Å². The van der Waals surface area contributed by atoms with Crippen LogP contribution in [0.15, 0.2) is 30.3 Å². The number of ether oxygens (including phenoxy) is 1. The molecule has 33 heavy (non-hydrogen) atoms. The zero-order chi connectivity index (χ0) is 22.5. The second kappa shape index (κ2) is 7.97. The first kappa shape index (κ1) is 20.4. The number of phenols is 1. The van der Waals surface area contributed by atoms with Gasteiger partial charge in [0, 0.05) is 37.7 Å². The minimum Gasteiger partial charge on any atom is -0.505 e. The van der Waals surface area contributed by atoms with Crippen molar-refractivity contribution in [1.82, 2.24) is 25.1 Å². The molecule has 0 saturated carbocycles. The number of benzene rings is 2. The Morgan fingerprint density at radius 1 is 1.18 bits per heavy atom. The smallest absolute Gasteiger partial charge is 0.165 e. The summed E-state index contributed by atoms with van der Waals surface area (Å²) in [6.07, 6.45) is 2.85. The van der Waals surface area contributed by atoms with E-state index < -0.39 is 5.82 Å². The predicted octanol–water partition coefficient (Wildman–Crippen LogP) is 4.52. The summed E-state index contributed by atoms with van der Waals surface area (Å²) in [6, 6.07) is 9.40. The van der Waals surface area contributed by atoms with E-state index in [4.69, 9.17) is 9.72 Å². The van der Waals surface area contributed by atoms with Crippen LogP contribution in [0.2, 0.25) is 0 Å². The van der Waals surface area contributed by atoms with Crippen molar-refractivity contribution in [2.24, 2.45) is 0 Å². The van der Waals surface area contributed by atoms with Gasteiger partial charge < -0.3 is 14.8 Å². The van der Waals surface area contributed by atoms with Crippen LogP contribution in [0.4, 0.5) is 4.39 Å². The summed E-state index contributed by atoms with van der Waals surface area (Å²) in [7, 11) is 0. The van der Waals surface area contributed by atoms with E-state index in [1.165, 1.54) is 12.1 Å². The molecule has 4 aromatic rings. The van der Waals surface area contributed by atoms with Crippen LogP contribution in [0.25, 0.3) is 33.5 Å². The highest BCUT2D eigenvalue weighted by Gasteiger charge is 2.30. The van der Waals surface area contributed by atoms with Gasteiger partial charge in [0.25, 0.3) is 0 Å². The maximum atomic E-state index is 14.1. The van der Waals surface area contributed by atoms with E-state index >= 15 is 0 Å². The maximum absolute atomic E-state index is 14.1. The Morgan fingerprint density at radius 3 is 2.82 bits per heavy atom. The molecule has 0 spiro atoms. The van der Waals surface area contributed by atoms with E-state index in [-0.39, 0.29) is 5.75 Å². The van der Waals surface area contributed by atoms with Crippen molar-refractivity contribution < 1.29 is 14.2 Å². The largest absolute Gasteiger partial charge is 0.505 e. The van der Waals surface area contributed by atoms with Crippen LogP contribution in [0, 0.1) is 5.82 Å². The molecule has 2 aromatic heterocycles. The molecule has 0 aliphatic carbocycles. The van der Waals surface area contributed by atoms with E-state index in [0.29, 0.717) is 12.5 Å². The van der Waals surface area contributed by atoms with Gasteiger partial charge in [-0.05, 0) is 60.2 Å². The predicted molar refractivity (Wildman–Crippen MR) is 123 cm³/mol. The molecular formula is C25H26FN5O2. The van der Waals surface area contributed by atoms with E-state index in [1.54, 1.807) is 0 Å². The average Bonchev–Trinajstić information content (AvgIpc) is 3.53. The first-order valence-corrected chi connectivity index (χ1v) is 11.5. The van der Waals surface area contributed by atoms with Gasteiger partial charge in [-0.25, -0.2) is 9.37 Å². The van der Waals surface area contributed by atoms with Crippen LogP contribution in [-0.4, -0.2) is 49.4 Å².